The Bertz CT molecular complexity index is 713. The third-order valence-electron chi connectivity index (χ3n) is 2.69. The van der Waals surface area contributed by atoms with Gasteiger partial charge in [0.25, 0.3) is 9.05 Å². The molecule has 0 fully saturated rings. The topological polar surface area (TPSA) is 61.2 Å². The monoisotopic (exact) mass is 334 g/mol. The maximum atomic E-state index is 11.2. The number of nitrogens with zero attached hydrogens (tertiary/aromatic N) is 2. The zero-order chi connectivity index (χ0) is 14.8. The molecular weight excluding hydrogens is 323 g/mol. The second kappa shape index (κ2) is 6.03. The number of imidazole rings is 1. The van der Waals surface area contributed by atoms with Crippen molar-refractivity contribution < 1.29 is 13.2 Å². The highest BCUT2D eigenvalue weighted by atomic mass is 35.7. The van der Waals surface area contributed by atoms with Gasteiger partial charge >= 0.3 is 0 Å². The zero-order valence-electron chi connectivity index (χ0n) is 10.6. The van der Waals surface area contributed by atoms with Gasteiger partial charge in [-0.3, -0.25) is 0 Å². The van der Waals surface area contributed by atoms with Gasteiger partial charge in [-0.05, 0) is 18.2 Å². The van der Waals surface area contributed by atoms with Crippen molar-refractivity contribution in [2.75, 3.05) is 6.61 Å². The largest absolute Gasteiger partial charge is 0.492 e. The van der Waals surface area contributed by atoms with Crippen LogP contribution in [-0.4, -0.2) is 24.6 Å². The molecule has 1 aromatic carbocycles. The average molecular weight is 335 g/mol. The first kappa shape index (κ1) is 15.2. The molecule has 0 radical (unpaired) electrons. The van der Waals surface area contributed by atoms with Gasteiger partial charge in [-0.2, -0.15) is 0 Å². The highest BCUT2D eigenvalue weighted by molar-refractivity contribution is 8.13. The lowest BCUT2D eigenvalue weighted by molar-refractivity contribution is 0.317. The molecule has 0 bridgehead atoms. The third-order valence-corrected chi connectivity index (χ3v) is 4.34. The highest BCUT2D eigenvalue weighted by Crippen LogP contribution is 2.28. The van der Waals surface area contributed by atoms with Gasteiger partial charge in [0.05, 0.1) is 16.5 Å². The fraction of sp³-hybridized carbons (Fsp3) is 0.250. The van der Waals surface area contributed by atoms with E-state index in [9.17, 15) is 8.42 Å². The molecule has 0 aliphatic rings. The SMILES string of the molecule is Cn1ccnc1CCOc1ccc(S(=O)(=O)Cl)cc1Cl. The molecule has 5 nitrogen and oxygen atoms in total. The summed E-state index contributed by atoms with van der Waals surface area (Å²) in [5.41, 5.74) is 0. The minimum absolute atomic E-state index is 0.0550. The molecule has 0 saturated carbocycles. The van der Waals surface area contributed by atoms with Crippen molar-refractivity contribution in [2.45, 2.75) is 11.3 Å². The number of rotatable bonds is 5. The van der Waals surface area contributed by atoms with Crippen LogP contribution in [0.1, 0.15) is 5.82 Å². The van der Waals surface area contributed by atoms with Crippen molar-refractivity contribution in [1.82, 2.24) is 9.55 Å². The van der Waals surface area contributed by atoms with Gasteiger partial charge in [-0.15, -0.1) is 0 Å². The van der Waals surface area contributed by atoms with Crippen LogP contribution < -0.4 is 4.74 Å². The summed E-state index contributed by atoms with van der Waals surface area (Å²) >= 11 is 5.96. The normalized spacial score (nSPS) is 11.6. The van der Waals surface area contributed by atoms with Crippen LogP contribution in [-0.2, 0) is 22.5 Å². The standard InChI is InChI=1S/C12H12Cl2N2O3S/c1-16-6-5-15-12(16)4-7-19-11-3-2-9(8-10(11)13)20(14,17)18/h2-3,5-6,8H,4,7H2,1H3. The van der Waals surface area contributed by atoms with Crippen LogP contribution in [0.25, 0.3) is 0 Å². The van der Waals surface area contributed by atoms with Crippen molar-refractivity contribution in [3.05, 3.63) is 41.4 Å². The van der Waals surface area contributed by atoms with Crippen LogP contribution in [0.15, 0.2) is 35.5 Å². The number of aryl methyl sites for hydroxylation is 1. The van der Waals surface area contributed by atoms with Gasteiger partial charge in [-0.1, -0.05) is 11.6 Å². The summed E-state index contributed by atoms with van der Waals surface area (Å²) in [7, 11) is 3.35. The number of halogens is 2. The predicted molar refractivity (Wildman–Crippen MR) is 76.9 cm³/mol. The van der Waals surface area contributed by atoms with E-state index in [4.69, 9.17) is 27.0 Å². The van der Waals surface area contributed by atoms with Gasteiger partial charge in [0.15, 0.2) is 0 Å². The van der Waals surface area contributed by atoms with Crippen LogP contribution in [0.2, 0.25) is 5.02 Å². The molecule has 0 saturated heterocycles. The second-order valence-corrected chi connectivity index (χ2v) is 7.06. The molecule has 20 heavy (non-hydrogen) atoms. The summed E-state index contributed by atoms with van der Waals surface area (Å²) in [6, 6.07) is 4.10. The molecule has 108 valence electrons. The van der Waals surface area contributed by atoms with Crippen molar-refractivity contribution >= 4 is 31.3 Å². The summed E-state index contributed by atoms with van der Waals surface area (Å²) in [4.78, 5) is 4.11. The molecule has 1 aromatic heterocycles. The third kappa shape index (κ3) is 3.65. The van der Waals surface area contributed by atoms with E-state index < -0.39 is 9.05 Å². The molecule has 0 amide bonds. The highest BCUT2D eigenvalue weighted by Gasteiger charge is 2.13. The van der Waals surface area contributed by atoms with Crippen molar-refractivity contribution in [3.8, 4) is 5.75 Å². The summed E-state index contributed by atoms with van der Waals surface area (Å²) in [5, 5.41) is 0.201. The number of hydrogen-bond acceptors (Lipinski definition) is 4. The average Bonchev–Trinajstić information content (AvgIpc) is 2.76. The Labute approximate surface area is 126 Å². The molecule has 2 rings (SSSR count). The Morgan fingerprint density at radius 2 is 2.15 bits per heavy atom. The van der Waals surface area contributed by atoms with Gasteiger partial charge in [-0.25, -0.2) is 13.4 Å². The van der Waals surface area contributed by atoms with Crippen LogP contribution >= 0.6 is 22.3 Å². The number of benzene rings is 1. The summed E-state index contributed by atoms with van der Waals surface area (Å²) in [6.45, 7) is 0.386. The van der Waals surface area contributed by atoms with Crippen molar-refractivity contribution in [1.29, 1.82) is 0 Å². The summed E-state index contributed by atoms with van der Waals surface area (Å²) in [6.07, 6.45) is 4.18. The van der Waals surface area contributed by atoms with Gasteiger partial charge in [0.1, 0.15) is 11.6 Å². The van der Waals surface area contributed by atoms with Crippen LogP contribution in [0, 0.1) is 0 Å². The molecule has 0 spiro atoms. The lowest BCUT2D eigenvalue weighted by Crippen LogP contribution is -2.06. The number of ether oxygens (including phenoxy) is 1. The molecule has 0 N–H and O–H groups in total. The van der Waals surface area contributed by atoms with E-state index in [1.54, 1.807) is 6.20 Å². The Balaban J connectivity index is 2.02. The zero-order valence-corrected chi connectivity index (χ0v) is 12.9. The molecule has 0 aliphatic carbocycles. The van der Waals surface area contributed by atoms with Gasteiger partial charge in [0.2, 0.25) is 0 Å². The Hall–Kier alpha value is -1.24. The maximum absolute atomic E-state index is 11.2. The molecule has 1 heterocycles. The van der Waals surface area contributed by atoms with Gasteiger partial charge in [0, 0.05) is 36.5 Å². The predicted octanol–water partition coefficient (Wildman–Crippen LogP) is 2.62. The fourth-order valence-electron chi connectivity index (χ4n) is 1.64. The van der Waals surface area contributed by atoms with E-state index >= 15 is 0 Å². The minimum Gasteiger partial charge on any atom is -0.492 e. The van der Waals surface area contributed by atoms with E-state index in [0.29, 0.717) is 18.8 Å². The smallest absolute Gasteiger partial charge is 0.261 e. The summed E-state index contributed by atoms with van der Waals surface area (Å²) < 4.78 is 29.7. The molecule has 8 heteroatoms. The molecule has 0 atom stereocenters. The van der Waals surface area contributed by atoms with Crippen LogP contribution in [0.4, 0.5) is 0 Å². The first-order valence-electron chi connectivity index (χ1n) is 5.71. The number of hydrogen-bond donors (Lipinski definition) is 0. The van der Waals surface area contributed by atoms with E-state index in [1.807, 2.05) is 17.8 Å². The first-order valence-corrected chi connectivity index (χ1v) is 8.40. The molecule has 2 aromatic rings. The maximum Gasteiger partial charge on any atom is 0.261 e. The van der Waals surface area contributed by atoms with E-state index in [1.165, 1.54) is 18.2 Å². The van der Waals surface area contributed by atoms with E-state index in [0.717, 1.165) is 5.82 Å². The van der Waals surface area contributed by atoms with Gasteiger partial charge < -0.3 is 9.30 Å². The van der Waals surface area contributed by atoms with E-state index in [2.05, 4.69) is 4.98 Å². The molecule has 0 aliphatic heterocycles. The minimum atomic E-state index is -3.78. The lowest BCUT2D eigenvalue weighted by atomic mass is 10.3. The molecular formula is C12H12Cl2N2O3S. The van der Waals surface area contributed by atoms with E-state index in [-0.39, 0.29) is 9.92 Å². The first-order chi connectivity index (χ1) is 9.38. The van der Waals surface area contributed by atoms with Crippen molar-refractivity contribution in [3.63, 3.8) is 0 Å². The van der Waals surface area contributed by atoms with Crippen LogP contribution in [0.3, 0.4) is 0 Å². The van der Waals surface area contributed by atoms with Crippen LogP contribution in [0.5, 0.6) is 5.75 Å². The fourth-order valence-corrected chi connectivity index (χ4v) is 2.72. The Morgan fingerprint density at radius 1 is 1.40 bits per heavy atom. The lowest BCUT2D eigenvalue weighted by Gasteiger charge is -2.08. The quantitative estimate of drug-likeness (QED) is 0.788. The number of aromatic nitrogens is 2. The molecule has 0 unspecified atom stereocenters. The van der Waals surface area contributed by atoms with Crippen molar-refractivity contribution in [2.24, 2.45) is 7.05 Å². The Morgan fingerprint density at radius 3 is 2.70 bits per heavy atom. The second-order valence-electron chi connectivity index (χ2n) is 4.08. The Kier molecular flexibility index (Phi) is 4.57. The summed E-state index contributed by atoms with van der Waals surface area (Å²) in [5.74, 6) is 1.30.